The Morgan fingerprint density at radius 3 is 2.80 bits per heavy atom. The molecule has 0 radical (unpaired) electrons. The predicted octanol–water partition coefficient (Wildman–Crippen LogP) is 3.64. The van der Waals surface area contributed by atoms with Crippen LogP contribution in [0.15, 0.2) is 18.2 Å². The largest absolute Gasteiger partial charge is 0.299 e. The molecule has 0 saturated heterocycles. The third-order valence-corrected chi connectivity index (χ3v) is 2.77. The SMILES string of the molecule is CCC(C)C(=O)Cc1cc(Cl)ccc1F. The Morgan fingerprint density at radius 1 is 1.53 bits per heavy atom. The quantitative estimate of drug-likeness (QED) is 0.769. The fourth-order valence-corrected chi connectivity index (χ4v) is 1.46. The standard InChI is InChI=1S/C12H14ClFO/c1-3-8(2)12(15)7-9-6-10(13)4-5-11(9)14/h4-6,8H,3,7H2,1-2H3. The number of halogens is 2. The second kappa shape index (κ2) is 5.26. The third kappa shape index (κ3) is 3.31. The van der Waals surface area contributed by atoms with Crippen molar-refractivity contribution in [1.82, 2.24) is 0 Å². The van der Waals surface area contributed by atoms with Gasteiger partial charge in [-0.3, -0.25) is 4.79 Å². The van der Waals surface area contributed by atoms with E-state index in [1.54, 1.807) is 0 Å². The lowest BCUT2D eigenvalue weighted by molar-refractivity contribution is -0.121. The van der Waals surface area contributed by atoms with Gasteiger partial charge in [-0.15, -0.1) is 0 Å². The molecule has 0 bridgehead atoms. The molecule has 0 aromatic heterocycles. The molecule has 0 N–H and O–H groups in total. The van der Waals surface area contributed by atoms with Crippen LogP contribution in [0.5, 0.6) is 0 Å². The third-order valence-electron chi connectivity index (χ3n) is 2.53. The van der Waals surface area contributed by atoms with E-state index in [0.29, 0.717) is 10.6 Å². The Hall–Kier alpha value is -0.890. The van der Waals surface area contributed by atoms with E-state index in [4.69, 9.17) is 11.6 Å². The zero-order valence-electron chi connectivity index (χ0n) is 8.89. The van der Waals surface area contributed by atoms with Crippen LogP contribution in [0.2, 0.25) is 5.02 Å². The summed E-state index contributed by atoms with van der Waals surface area (Å²) in [6.45, 7) is 3.79. The summed E-state index contributed by atoms with van der Waals surface area (Å²) in [7, 11) is 0. The molecule has 0 aliphatic carbocycles. The molecule has 1 nitrogen and oxygen atoms in total. The van der Waals surface area contributed by atoms with Crippen molar-refractivity contribution >= 4 is 17.4 Å². The molecule has 0 spiro atoms. The highest BCUT2D eigenvalue weighted by Gasteiger charge is 2.13. The van der Waals surface area contributed by atoms with Gasteiger partial charge in [0.05, 0.1) is 0 Å². The minimum Gasteiger partial charge on any atom is -0.299 e. The Kier molecular flexibility index (Phi) is 4.28. The van der Waals surface area contributed by atoms with Gasteiger partial charge in [0.2, 0.25) is 0 Å². The summed E-state index contributed by atoms with van der Waals surface area (Å²) in [5.41, 5.74) is 0.382. The fourth-order valence-electron chi connectivity index (χ4n) is 1.27. The number of benzene rings is 1. The van der Waals surface area contributed by atoms with Gasteiger partial charge < -0.3 is 0 Å². The summed E-state index contributed by atoms with van der Waals surface area (Å²) in [5, 5.41) is 0.461. The summed E-state index contributed by atoms with van der Waals surface area (Å²) >= 11 is 5.74. The Morgan fingerprint density at radius 2 is 2.20 bits per heavy atom. The molecule has 0 aliphatic rings. The van der Waals surface area contributed by atoms with Crippen LogP contribution in [0.3, 0.4) is 0 Å². The maximum Gasteiger partial charge on any atom is 0.140 e. The molecule has 0 fully saturated rings. The molecule has 0 heterocycles. The monoisotopic (exact) mass is 228 g/mol. The van der Waals surface area contributed by atoms with Crippen molar-refractivity contribution in [3.05, 3.63) is 34.6 Å². The van der Waals surface area contributed by atoms with Gasteiger partial charge in [-0.05, 0) is 30.2 Å². The van der Waals surface area contributed by atoms with E-state index < -0.39 is 0 Å². The van der Waals surface area contributed by atoms with Crippen molar-refractivity contribution in [3.63, 3.8) is 0 Å². The minimum atomic E-state index is -0.365. The van der Waals surface area contributed by atoms with Crippen molar-refractivity contribution in [2.45, 2.75) is 26.7 Å². The van der Waals surface area contributed by atoms with Gasteiger partial charge in [-0.1, -0.05) is 25.4 Å². The fraction of sp³-hybridized carbons (Fsp3) is 0.417. The number of rotatable bonds is 4. The van der Waals surface area contributed by atoms with Crippen LogP contribution in [0.4, 0.5) is 4.39 Å². The van der Waals surface area contributed by atoms with Crippen LogP contribution in [0.1, 0.15) is 25.8 Å². The first-order valence-electron chi connectivity index (χ1n) is 5.01. The van der Waals surface area contributed by atoms with Crippen molar-refractivity contribution in [2.24, 2.45) is 5.92 Å². The van der Waals surface area contributed by atoms with Crippen molar-refractivity contribution in [3.8, 4) is 0 Å². The van der Waals surface area contributed by atoms with Gasteiger partial charge in [0.15, 0.2) is 0 Å². The van der Waals surface area contributed by atoms with Crippen LogP contribution in [-0.4, -0.2) is 5.78 Å². The second-order valence-electron chi connectivity index (χ2n) is 3.69. The van der Waals surface area contributed by atoms with Gasteiger partial charge in [0, 0.05) is 17.4 Å². The Bertz CT molecular complexity index is 363. The van der Waals surface area contributed by atoms with Crippen molar-refractivity contribution in [1.29, 1.82) is 0 Å². The maximum atomic E-state index is 13.3. The zero-order valence-corrected chi connectivity index (χ0v) is 9.64. The number of carbonyl (C=O) groups excluding carboxylic acids is 1. The Balaban J connectivity index is 2.80. The summed E-state index contributed by atoms with van der Waals surface area (Å²) in [6.07, 6.45) is 0.905. The van der Waals surface area contributed by atoms with Crippen LogP contribution in [-0.2, 0) is 11.2 Å². The molecule has 15 heavy (non-hydrogen) atoms. The number of Topliss-reactive ketones (excluding diaryl/α,β-unsaturated/α-hetero) is 1. The van der Waals surface area contributed by atoms with Crippen LogP contribution < -0.4 is 0 Å². The minimum absolute atomic E-state index is 0.0246. The van der Waals surface area contributed by atoms with E-state index in [0.717, 1.165) is 6.42 Å². The van der Waals surface area contributed by atoms with Gasteiger partial charge in [0.1, 0.15) is 11.6 Å². The van der Waals surface area contributed by atoms with Crippen LogP contribution in [0, 0.1) is 11.7 Å². The molecule has 1 atom stereocenters. The smallest absolute Gasteiger partial charge is 0.140 e. The van der Waals surface area contributed by atoms with Crippen LogP contribution >= 0.6 is 11.6 Å². The average molecular weight is 229 g/mol. The topological polar surface area (TPSA) is 17.1 Å². The highest BCUT2D eigenvalue weighted by atomic mass is 35.5. The van der Waals surface area contributed by atoms with E-state index in [-0.39, 0.29) is 23.9 Å². The van der Waals surface area contributed by atoms with Gasteiger partial charge in [-0.25, -0.2) is 4.39 Å². The molecule has 3 heteroatoms. The van der Waals surface area contributed by atoms with Gasteiger partial charge in [0.25, 0.3) is 0 Å². The molecular weight excluding hydrogens is 215 g/mol. The molecule has 1 aromatic carbocycles. The first-order valence-corrected chi connectivity index (χ1v) is 5.39. The molecule has 82 valence electrons. The number of hydrogen-bond donors (Lipinski definition) is 0. The molecule has 1 aromatic rings. The summed E-state index contributed by atoms with van der Waals surface area (Å²) < 4.78 is 13.3. The maximum absolute atomic E-state index is 13.3. The van der Waals surface area contributed by atoms with E-state index >= 15 is 0 Å². The number of ketones is 1. The highest BCUT2D eigenvalue weighted by Crippen LogP contribution is 2.17. The molecule has 0 aliphatic heterocycles. The van der Waals surface area contributed by atoms with Crippen LogP contribution in [0.25, 0.3) is 0 Å². The lowest BCUT2D eigenvalue weighted by Gasteiger charge is -2.08. The number of hydrogen-bond acceptors (Lipinski definition) is 1. The molecule has 1 unspecified atom stereocenters. The van der Waals surface area contributed by atoms with Crippen molar-refractivity contribution in [2.75, 3.05) is 0 Å². The predicted molar refractivity (Wildman–Crippen MR) is 59.6 cm³/mol. The molecule has 0 saturated carbocycles. The summed E-state index contributed by atoms with van der Waals surface area (Å²) in [5.74, 6) is -0.335. The first-order chi connectivity index (χ1) is 7.04. The average Bonchev–Trinajstić information content (AvgIpc) is 2.22. The van der Waals surface area contributed by atoms with Crippen molar-refractivity contribution < 1.29 is 9.18 Å². The Labute approximate surface area is 94.3 Å². The van der Waals surface area contributed by atoms with E-state index in [1.165, 1.54) is 18.2 Å². The molecular formula is C12H14ClFO. The first kappa shape index (κ1) is 12.2. The van der Waals surface area contributed by atoms with Gasteiger partial charge in [-0.2, -0.15) is 0 Å². The molecule has 1 rings (SSSR count). The normalized spacial score (nSPS) is 12.5. The lowest BCUT2D eigenvalue weighted by Crippen LogP contribution is -2.13. The van der Waals surface area contributed by atoms with E-state index in [2.05, 4.69) is 0 Å². The highest BCUT2D eigenvalue weighted by molar-refractivity contribution is 6.30. The second-order valence-corrected chi connectivity index (χ2v) is 4.12. The number of carbonyl (C=O) groups is 1. The zero-order chi connectivity index (χ0) is 11.4. The van der Waals surface area contributed by atoms with E-state index in [9.17, 15) is 9.18 Å². The molecule has 0 amide bonds. The van der Waals surface area contributed by atoms with E-state index in [1.807, 2.05) is 13.8 Å². The lowest BCUT2D eigenvalue weighted by atomic mass is 9.97. The summed E-state index contributed by atoms with van der Waals surface area (Å²) in [4.78, 5) is 11.6. The van der Waals surface area contributed by atoms with Gasteiger partial charge >= 0.3 is 0 Å². The summed E-state index contributed by atoms with van der Waals surface area (Å²) in [6, 6.07) is 4.28.